The van der Waals surface area contributed by atoms with Gasteiger partial charge in [-0.25, -0.2) is 0 Å². The first-order valence-corrected chi connectivity index (χ1v) is 11.2. The van der Waals surface area contributed by atoms with Crippen molar-refractivity contribution in [2.45, 2.75) is 39.3 Å². The molecule has 0 unspecified atom stereocenters. The number of carbonyl (C=O) groups is 1. The Bertz CT molecular complexity index is 1170. The minimum atomic E-state index is -0.0811. The molecule has 0 fully saturated rings. The highest BCUT2D eigenvalue weighted by Gasteiger charge is 2.29. The van der Waals surface area contributed by atoms with Gasteiger partial charge in [0.1, 0.15) is 0 Å². The molecule has 33 heavy (non-hydrogen) atoms. The average Bonchev–Trinajstić information content (AvgIpc) is 3.26. The van der Waals surface area contributed by atoms with Crippen LogP contribution >= 0.6 is 0 Å². The average molecular weight is 446 g/mol. The number of carbonyl (C=O) groups excluding carboxylic acids is 1. The molecular weight excluding hydrogens is 414 g/mol. The lowest BCUT2D eigenvalue weighted by molar-refractivity contribution is -0.125. The van der Waals surface area contributed by atoms with Gasteiger partial charge in [0.05, 0.1) is 26.0 Å². The molecule has 3 aromatic rings. The minimum Gasteiger partial charge on any atom is -0.493 e. The second kappa shape index (κ2) is 9.14. The van der Waals surface area contributed by atoms with E-state index in [0.29, 0.717) is 30.2 Å². The number of methoxy groups -OCH3 is 2. The topological polar surface area (TPSA) is 56.6 Å². The SMILES string of the molecule is COc1ccc(/C=C(/C(=O)N2CCc3c(cnn3C(C)(C)C)C2)c2ccccc2)cc1OC. The van der Waals surface area contributed by atoms with Crippen LogP contribution < -0.4 is 9.47 Å². The third-order valence-electron chi connectivity index (χ3n) is 5.89. The molecule has 6 nitrogen and oxygen atoms in total. The molecule has 2 aromatic carbocycles. The molecule has 4 rings (SSSR count). The number of nitrogens with zero attached hydrogens (tertiary/aromatic N) is 3. The van der Waals surface area contributed by atoms with Gasteiger partial charge in [0, 0.05) is 36.3 Å². The minimum absolute atomic E-state index is 0.00476. The molecule has 0 radical (unpaired) electrons. The van der Waals surface area contributed by atoms with E-state index in [0.717, 1.165) is 23.1 Å². The Hall–Kier alpha value is -3.54. The van der Waals surface area contributed by atoms with Crippen molar-refractivity contribution in [3.8, 4) is 11.5 Å². The fourth-order valence-corrected chi connectivity index (χ4v) is 4.25. The van der Waals surface area contributed by atoms with E-state index in [1.165, 1.54) is 5.69 Å². The zero-order chi connectivity index (χ0) is 23.6. The third-order valence-corrected chi connectivity index (χ3v) is 5.89. The molecule has 2 heterocycles. The van der Waals surface area contributed by atoms with Crippen LogP contribution in [0.5, 0.6) is 11.5 Å². The fraction of sp³-hybridized carbons (Fsp3) is 0.333. The van der Waals surface area contributed by atoms with Crippen molar-refractivity contribution in [3.63, 3.8) is 0 Å². The molecule has 1 aliphatic heterocycles. The number of amides is 1. The molecule has 0 spiro atoms. The maximum absolute atomic E-state index is 13.8. The van der Waals surface area contributed by atoms with Gasteiger partial charge in [-0.3, -0.25) is 9.48 Å². The van der Waals surface area contributed by atoms with Gasteiger partial charge in [-0.1, -0.05) is 36.4 Å². The molecule has 1 aromatic heterocycles. The molecule has 0 atom stereocenters. The van der Waals surface area contributed by atoms with Crippen LogP contribution in [0.25, 0.3) is 11.6 Å². The number of benzene rings is 2. The first-order valence-electron chi connectivity index (χ1n) is 11.2. The Labute approximate surface area is 195 Å². The quantitative estimate of drug-likeness (QED) is 0.419. The summed E-state index contributed by atoms with van der Waals surface area (Å²) in [4.78, 5) is 15.7. The number of fused-ring (bicyclic) bond motifs is 1. The highest BCUT2D eigenvalue weighted by Crippen LogP contribution is 2.31. The Kier molecular flexibility index (Phi) is 6.27. The number of hydrogen-bond acceptors (Lipinski definition) is 4. The van der Waals surface area contributed by atoms with Crippen LogP contribution in [0.15, 0.2) is 54.7 Å². The van der Waals surface area contributed by atoms with Gasteiger partial charge >= 0.3 is 0 Å². The summed E-state index contributed by atoms with van der Waals surface area (Å²) in [5, 5.41) is 4.61. The Morgan fingerprint density at radius 2 is 1.76 bits per heavy atom. The largest absolute Gasteiger partial charge is 0.493 e. The first-order chi connectivity index (χ1) is 15.8. The number of aromatic nitrogens is 2. The highest BCUT2D eigenvalue weighted by atomic mass is 16.5. The molecule has 172 valence electrons. The van der Waals surface area contributed by atoms with Crippen molar-refractivity contribution < 1.29 is 14.3 Å². The Morgan fingerprint density at radius 1 is 1.03 bits per heavy atom. The van der Waals surface area contributed by atoms with Crippen LogP contribution in [-0.4, -0.2) is 41.4 Å². The summed E-state index contributed by atoms with van der Waals surface area (Å²) >= 11 is 0. The van der Waals surface area contributed by atoms with E-state index >= 15 is 0 Å². The lowest BCUT2D eigenvalue weighted by Gasteiger charge is -2.31. The van der Waals surface area contributed by atoms with Gasteiger partial charge < -0.3 is 14.4 Å². The maximum Gasteiger partial charge on any atom is 0.254 e. The number of rotatable bonds is 5. The van der Waals surface area contributed by atoms with E-state index in [2.05, 4.69) is 30.6 Å². The van der Waals surface area contributed by atoms with E-state index in [1.807, 2.05) is 65.7 Å². The van der Waals surface area contributed by atoms with Crippen LogP contribution in [-0.2, 0) is 23.3 Å². The van der Waals surface area contributed by atoms with Crippen molar-refractivity contribution in [2.24, 2.45) is 0 Å². The molecule has 0 N–H and O–H groups in total. The van der Waals surface area contributed by atoms with Gasteiger partial charge in [0.2, 0.25) is 0 Å². The van der Waals surface area contributed by atoms with Crippen LogP contribution in [0.2, 0.25) is 0 Å². The zero-order valence-corrected chi connectivity index (χ0v) is 20.0. The second-order valence-electron chi connectivity index (χ2n) is 9.21. The predicted octanol–water partition coefficient (Wildman–Crippen LogP) is 4.78. The van der Waals surface area contributed by atoms with Crippen molar-refractivity contribution in [1.82, 2.24) is 14.7 Å². The summed E-state index contributed by atoms with van der Waals surface area (Å²) in [6, 6.07) is 15.5. The normalized spacial score (nSPS) is 14.1. The standard InChI is InChI=1S/C27H31N3O3/c1-27(2,3)30-23-13-14-29(18-21(23)17-28-30)26(31)22(20-9-7-6-8-10-20)15-19-11-12-24(32-4)25(16-19)33-5/h6-12,15-17H,13-14,18H2,1-5H3/b22-15+. The highest BCUT2D eigenvalue weighted by molar-refractivity contribution is 6.24. The summed E-state index contributed by atoms with van der Waals surface area (Å²) in [7, 11) is 3.22. The van der Waals surface area contributed by atoms with Gasteiger partial charge in [-0.15, -0.1) is 0 Å². The molecule has 6 heteroatoms. The monoisotopic (exact) mass is 445 g/mol. The van der Waals surface area contributed by atoms with Crippen LogP contribution in [0.4, 0.5) is 0 Å². The van der Waals surface area contributed by atoms with Crippen molar-refractivity contribution >= 4 is 17.6 Å². The van der Waals surface area contributed by atoms with Crippen LogP contribution in [0.1, 0.15) is 43.2 Å². The lowest BCUT2D eigenvalue weighted by atomic mass is 9.99. The molecule has 1 amide bonds. The summed E-state index contributed by atoms with van der Waals surface area (Å²) in [5.41, 5.74) is 4.66. The van der Waals surface area contributed by atoms with Crippen LogP contribution in [0.3, 0.4) is 0 Å². The zero-order valence-electron chi connectivity index (χ0n) is 20.0. The molecule has 0 bridgehead atoms. The van der Waals surface area contributed by atoms with E-state index in [1.54, 1.807) is 14.2 Å². The third kappa shape index (κ3) is 4.65. The van der Waals surface area contributed by atoms with Gasteiger partial charge in [0.15, 0.2) is 11.5 Å². The van der Waals surface area contributed by atoms with Crippen molar-refractivity contribution in [1.29, 1.82) is 0 Å². The summed E-state index contributed by atoms with van der Waals surface area (Å²) in [6.45, 7) is 7.66. The summed E-state index contributed by atoms with van der Waals surface area (Å²) in [6.07, 6.45) is 4.62. The van der Waals surface area contributed by atoms with Crippen molar-refractivity contribution in [3.05, 3.63) is 77.1 Å². The number of hydrogen-bond donors (Lipinski definition) is 0. The first kappa shape index (κ1) is 22.6. The van der Waals surface area contributed by atoms with Crippen LogP contribution in [0, 0.1) is 0 Å². The fourth-order valence-electron chi connectivity index (χ4n) is 4.25. The molecule has 0 aliphatic carbocycles. The number of ether oxygens (including phenoxy) is 2. The smallest absolute Gasteiger partial charge is 0.254 e. The Morgan fingerprint density at radius 3 is 2.42 bits per heavy atom. The van der Waals surface area contributed by atoms with Gasteiger partial charge in [0.25, 0.3) is 5.91 Å². The van der Waals surface area contributed by atoms with Gasteiger partial charge in [-0.05, 0) is 50.1 Å². The van der Waals surface area contributed by atoms with E-state index in [9.17, 15) is 4.79 Å². The summed E-state index contributed by atoms with van der Waals surface area (Å²) < 4.78 is 12.9. The lowest BCUT2D eigenvalue weighted by Crippen LogP contribution is -2.38. The second-order valence-corrected chi connectivity index (χ2v) is 9.21. The Balaban J connectivity index is 1.68. The van der Waals surface area contributed by atoms with E-state index in [4.69, 9.17) is 9.47 Å². The summed E-state index contributed by atoms with van der Waals surface area (Å²) in [5.74, 6) is 1.29. The van der Waals surface area contributed by atoms with Gasteiger partial charge in [-0.2, -0.15) is 5.10 Å². The van der Waals surface area contributed by atoms with Crippen molar-refractivity contribution in [2.75, 3.05) is 20.8 Å². The molecule has 0 saturated carbocycles. The molecule has 1 aliphatic rings. The predicted molar refractivity (Wildman–Crippen MR) is 130 cm³/mol. The molecular formula is C27H31N3O3. The maximum atomic E-state index is 13.8. The van der Waals surface area contributed by atoms with E-state index < -0.39 is 0 Å². The molecule has 0 saturated heterocycles. The van der Waals surface area contributed by atoms with E-state index in [-0.39, 0.29) is 11.4 Å².